The van der Waals surface area contributed by atoms with Crippen molar-refractivity contribution in [3.05, 3.63) is 58.4 Å². The monoisotopic (exact) mass is 533 g/mol. The lowest BCUT2D eigenvalue weighted by Gasteiger charge is -2.34. The second kappa shape index (κ2) is 11.4. The van der Waals surface area contributed by atoms with Crippen molar-refractivity contribution < 1.29 is 19.0 Å². The van der Waals surface area contributed by atoms with Gasteiger partial charge in [0.2, 0.25) is 0 Å². The molecule has 39 heavy (non-hydrogen) atoms. The Hall–Kier alpha value is -3.39. The van der Waals surface area contributed by atoms with E-state index in [1.165, 1.54) is 0 Å². The molecule has 0 aliphatic carbocycles. The van der Waals surface area contributed by atoms with Crippen molar-refractivity contribution >= 4 is 17.0 Å². The molecular formula is C31H39N3O5. The van der Waals surface area contributed by atoms with Gasteiger partial charge in [-0.1, -0.05) is 24.3 Å². The number of likely N-dealkylation sites (tertiary alicyclic amines) is 1. The van der Waals surface area contributed by atoms with Crippen LogP contribution in [0.5, 0.6) is 5.75 Å². The molecule has 0 bridgehead atoms. The van der Waals surface area contributed by atoms with Crippen LogP contribution in [0.1, 0.15) is 52.0 Å². The van der Waals surface area contributed by atoms with Gasteiger partial charge in [0.15, 0.2) is 0 Å². The van der Waals surface area contributed by atoms with E-state index in [1.54, 1.807) is 9.47 Å². The third-order valence-electron chi connectivity index (χ3n) is 7.39. The number of carbonyl (C=O) groups excluding carboxylic acids is 1. The van der Waals surface area contributed by atoms with Crippen molar-refractivity contribution in [1.82, 2.24) is 14.5 Å². The topological polar surface area (TPSA) is 82.9 Å². The van der Waals surface area contributed by atoms with Crippen LogP contribution in [0.4, 0.5) is 4.79 Å². The van der Waals surface area contributed by atoms with Crippen molar-refractivity contribution in [3.8, 4) is 17.1 Å². The third-order valence-corrected chi connectivity index (χ3v) is 7.39. The van der Waals surface area contributed by atoms with Gasteiger partial charge in [0, 0.05) is 38.0 Å². The van der Waals surface area contributed by atoms with Crippen LogP contribution >= 0.6 is 0 Å². The summed E-state index contributed by atoms with van der Waals surface area (Å²) in [5.74, 6) is 1.43. The van der Waals surface area contributed by atoms with E-state index in [2.05, 4.69) is 0 Å². The highest BCUT2D eigenvalue weighted by Crippen LogP contribution is 2.28. The van der Waals surface area contributed by atoms with E-state index in [-0.39, 0.29) is 23.7 Å². The normalized spacial score (nSPS) is 18.8. The molecule has 8 nitrogen and oxygen atoms in total. The zero-order chi connectivity index (χ0) is 27.6. The summed E-state index contributed by atoms with van der Waals surface area (Å²) in [7, 11) is 0. The Morgan fingerprint density at radius 3 is 2.62 bits per heavy atom. The summed E-state index contributed by atoms with van der Waals surface area (Å²) < 4.78 is 19.1. The Balaban J connectivity index is 1.50. The Morgan fingerprint density at radius 2 is 1.87 bits per heavy atom. The lowest BCUT2D eigenvalue weighted by Crippen LogP contribution is -2.44. The maximum atomic E-state index is 14.1. The van der Waals surface area contributed by atoms with Crippen molar-refractivity contribution in [2.45, 2.75) is 71.6 Å². The van der Waals surface area contributed by atoms with Gasteiger partial charge in [-0.25, -0.2) is 9.78 Å². The van der Waals surface area contributed by atoms with E-state index in [9.17, 15) is 9.59 Å². The first-order valence-electron chi connectivity index (χ1n) is 14.0. The fraction of sp³-hybridized carbons (Fsp3) is 0.516. The molecule has 0 saturated carbocycles. The summed E-state index contributed by atoms with van der Waals surface area (Å²) >= 11 is 0. The Kier molecular flexibility index (Phi) is 7.93. The number of amides is 1. The smallest absolute Gasteiger partial charge is 0.410 e. The fourth-order valence-corrected chi connectivity index (χ4v) is 5.42. The molecule has 2 fully saturated rings. The Labute approximate surface area is 229 Å². The molecule has 0 N–H and O–H groups in total. The summed E-state index contributed by atoms with van der Waals surface area (Å²) in [5, 5.41) is 0.539. The van der Waals surface area contributed by atoms with Crippen LogP contribution in [0.15, 0.2) is 47.3 Å². The molecular weight excluding hydrogens is 494 g/mol. The fourth-order valence-electron chi connectivity index (χ4n) is 5.42. The van der Waals surface area contributed by atoms with Crippen molar-refractivity contribution in [2.24, 2.45) is 5.92 Å². The highest BCUT2D eigenvalue weighted by molar-refractivity contribution is 5.81. The standard InChI is InChI=1S/C31H39N3O5/c1-21-8-5-6-10-25(21)28-32-27-12-11-24(38-23-13-16-37-17-14-23)18-26(27)29(35)34(28)20-22-9-7-15-33(19-22)30(36)39-31(2,3)4/h5-6,8,10-12,18,22-23H,7,9,13-17,19-20H2,1-4H3. The number of hydrogen-bond donors (Lipinski definition) is 0. The molecule has 208 valence electrons. The lowest BCUT2D eigenvalue weighted by molar-refractivity contribution is 0.0156. The summed E-state index contributed by atoms with van der Waals surface area (Å²) in [5.41, 5.74) is 1.99. The molecule has 3 heterocycles. The molecule has 1 amide bonds. The van der Waals surface area contributed by atoms with Gasteiger partial charge >= 0.3 is 6.09 Å². The number of carbonyl (C=O) groups is 1. The van der Waals surface area contributed by atoms with Crippen molar-refractivity contribution in [2.75, 3.05) is 26.3 Å². The van der Waals surface area contributed by atoms with Crippen molar-refractivity contribution in [3.63, 3.8) is 0 Å². The number of hydrogen-bond acceptors (Lipinski definition) is 6. The van der Waals surface area contributed by atoms with Gasteiger partial charge in [-0.15, -0.1) is 0 Å². The largest absolute Gasteiger partial charge is 0.490 e. The van der Waals surface area contributed by atoms with Crippen LogP contribution in [-0.2, 0) is 16.0 Å². The van der Waals surface area contributed by atoms with Crippen LogP contribution in [0.2, 0.25) is 0 Å². The first-order chi connectivity index (χ1) is 18.7. The number of nitrogens with zero attached hydrogens (tertiary/aromatic N) is 3. The van der Waals surface area contributed by atoms with Crippen LogP contribution in [0.3, 0.4) is 0 Å². The molecule has 1 unspecified atom stereocenters. The summed E-state index contributed by atoms with van der Waals surface area (Å²) in [6, 6.07) is 13.6. The second-order valence-corrected chi connectivity index (χ2v) is 11.7. The van der Waals surface area contributed by atoms with Crippen LogP contribution < -0.4 is 10.3 Å². The summed E-state index contributed by atoms with van der Waals surface area (Å²) in [6.45, 7) is 10.7. The van der Waals surface area contributed by atoms with Gasteiger partial charge in [-0.3, -0.25) is 9.36 Å². The molecule has 2 aromatic carbocycles. The molecule has 1 atom stereocenters. The summed E-state index contributed by atoms with van der Waals surface area (Å²) in [6.07, 6.45) is 3.24. The minimum atomic E-state index is -0.550. The first kappa shape index (κ1) is 27.2. The minimum absolute atomic E-state index is 0.0821. The number of benzene rings is 2. The van der Waals surface area contributed by atoms with Crippen LogP contribution in [0.25, 0.3) is 22.3 Å². The van der Waals surface area contributed by atoms with Gasteiger partial charge in [-0.2, -0.15) is 0 Å². The second-order valence-electron chi connectivity index (χ2n) is 11.7. The highest BCUT2D eigenvalue weighted by atomic mass is 16.6. The van der Waals surface area contributed by atoms with E-state index in [0.717, 1.165) is 36.8 Å². The van der Waals surface area contributed by atoms with Crippen LogP contribution in [-0.4, -0.2) is 58.6 Å². The Morgan fingerprint density at radius 1 is 1.10 bits per heavy atom. The average Bonchev–Trinajstić information content (AvgIpc) is 2.91. The number of rotatable bonds is 5. The minimum Gasteiger partial charge on any atom is -0.490 e. The summed E-state index contributed by atoms with van der Waals surface area (Å²) in [4.78, 5) is 33.7. The third kappa shape index (κ3) is 6.44. The molecule has 2 saturated heterocycles. The maximum Gasteiger partial charge on any atom is 0.410 e. The van der Waals surface area contributed by atoms with E-state index in [1.807, 2.05) is 70.2 Å². The predicted molar refractivity (Wildman–Crippen MR) is 151 cm³/mol. The van der Waals surface area contributed by atoms with E-state index >= 15 is 0 Å². The molecule has 2 aliphatic rings. The SMILES string of the molecule is Cc1ccccc1-c1nc2ccc(OC3CCOCC3)cc2c(=O)n1CC1CCCN(C(=O)OC(C)(C)C)C1. The van der Waals surface area contributed by atoms with E-state index < -0.39 is 5.60 Å². The lowest BCUT2D eigenvalue weighted by atomic mass is 9.97. The number of aromatic nitrogens is 2. The van der Waals surface area contributed by atoms with Gasteiger partial charge in [0.25, 0.3) is 5.56 Å². The van der Waals surface area contributed by atoms with Gasteiger partial charge in [0.1, 0.15) is 23.3 Å². The molecule has 8 heteroatoms. The number of piperidine rings is 1. The Bertz CT molecular complexity index is 1390. The van der Waals surface area contributed by atoms with Gasteiger partial charge in [-0.05, 0) is 70.2 Å². The highest BCUT2D eigenvalue weighted by Gasteiger charge is 2.29. The predicted octanol–water partition coefficient (Wildman–Crippen LogP) is 5.58. The average molecular weight is 534 g/mol. The number of aryl methyl sites for hydroxylation is 1. The molecule has 2 aliphatic heterocycles. The van der Waals surface area contributed by atoms with E-state index in [4.69, 9.17) is 19.2 Å². The van der Waals surface area contributed by atoms with E-state index in [0.29, 0.717) is 55.3 Å². The molecule has 1 aromatic heterocycles. The number of ether oxygens (including phenoxy) is 3. The van der Waals surface area contributed by atoms with Gasteiger partial charge in [0.05, 0.1) is 24.1 Å². The molecule has 0 spiro atoms. The molecule has 3 aromatic rings. The maximum absolute atomic E-state index is 14.1. The zero-order valence-corrected chi connectivity index (χ0v) is 23.4. The number of fused-ring (bicyclic) bond motifs is 1. The first-order valence-corrected chi connectivity index (χ1v) is 14.0. The van der Waals surface area contributed by atoms with Crippen LogP contribution in [0, 0.1) is 12.8 Å². The quantitative estimate of drug-likeness (QED) is 0.426. The molecule has 5 rings (SSSR count). The van der Waals surface area contributed by atoms with Gasteiger partial charge < -0.3 is 19.1 Å². The van der Waals surface area contributed by atoms with Crippen molar-refractivity contribution in [1.29, 1.82) is 0 Å². The molecule has 0 radical (unpaired) electrons. The zero-order valence-electron chi connectivity index (χ0n) is 23.4.